The van der Waals surface area contributed by atoms with Crippen LogP contribution in [0.4, 0.5) is 0 Å². The highest BCUT2D eigenvalue weighted by Crippen LogP contribution is 2.17. The highest BCUT2D eigenvalue weighted by molar-refractivity contribution is 7.80. The number of aromatic nitrogens is 2. The van der Waals surface area contributed by atoms with Crippen molar-refractivity contribution in [3.8, 4) is 17.6 Å². The Morgan fingerprint density at radius 3 is 3.03 bits per heavy atom. The first-order valence-electron chi connectivity index (χ1n) is 9.52. The Bertz CT molecular complexity index is 1060. The van der Waals surface area contributed by atoms with Crippen molar-refractivity contribution < 1.29 is 9.53 Å². The van der Waals surface area contributed by atoms with Crippen molar-refractivity contribution >= 4 is 34.0 Å². The summed E-state index contributed by atoms with van der Waals surface area (Å²) in [5.41, 5.74) is 2.90. The molecule has 0 radical (unpaired) electrons. The van der Waals surface area contributed by atoms with Crippen LogP contribution in [0.15, 0.2) is 48.8 Å². The first-order valence-corrected chi connectivity index (χ1v) is 9.93. The van der Waals surface area contributed by atoms with Gasteiger partial charge in [-0.1, -0.05) is 24.2 Å². The van der Waals surface area contributed by atoms with Crippen LogP contribution in [0.3, 0.4) is 0 Å². The number of benzene rings is 1. The van der Waals surface area contributed by atoms with Crippen LogP contribution in [0.1, 0.15) is 30.4 Å². The number of H-pyrrole nitrogens is 1. The number of aromatic amines is 1. The fourth-order valence-corrected chi connectivity index (χ4v) is 3.24. The van der Waals surface area contributed by atoms with Crippen LogP contribution >= 0.6 is 12.2 Å². The van der Waals surface area contributed by atoms with Gasteiger partial charge in [-0.05, 0) is 66.4 Å². The molecule has 6 heteroatoms. The number of aryl methyl sites for hydroxylation is 1. The number of carbonyl (C=O) groups is 1. The Hall–Kier alpha value is -3.17. The third-order valence-electron chi connectivity index (χ3n) is 4.53. The summed E-state index contributed by atoms with van der Waals surface area (Å²) in [5, 5.41) is 3.97. The molecule has 3 rings (SSSR count). The first-order chi connectivity index (χ1) is 14.2. The Kier molecular flexibility index (Phi) is 7.37. The molecule has 3 aromatic rings. The maximum atomic E-state index is 11.9. The maximum Gasteiger partial charge on any atom is 0.296 e. The molecule has 0 atom stereocenters. The van der Waals surface area contributed by atoms with Gasteiger partial charge < -0.3 is 15.0 Å². The monoisotopic (exact) mass is 405 g/mol. The average molecular weight is 406 g/mol. The molecule has 2 heterocycles. The first kappa shape index (κ1) is 20.6. The van der Waals surface area contributed by atoms with Crippen molar-refractivity contribution in [2.45, 2.75) is 25.7 Å². The molecule has 0 spiro atoms. The second kappa shape index (κ2) is 10.4. The zero-order valence-corrected chi connectivity index (χ0v) is 17.1. The van der Waals surface area contributed by atoms with Crippen molar-refractivity contribution in [3.05, 3.63) is 59.9 Å². The minimum absolute atomic E-state index is 0.287. The van der Waals surface area contributed by atoms with Crippen LogP contribution in [-0.4, -0.2) is 34.4 Å². The SMILES string of the molecule is COc1cccc(C#CC(=O)NCCCC(=S)CCc2ccnc3[nH]ccc23)c1. The van der Waals surface area contributed by atoms with Gasteiger partial charge >= 0.3 is 0 Å². The molecule has 5 nitrogen and oxygen atoms in total. The lowest BCUT2D eigenvalue weighted by molar-refractivity contribution is -0.115. The molecule has 1 aromatic carbocycles. The molecular formula is C23H23N3O2S. The molecule has 29 heavy (non-hydrogen) atoms. The summed E-state index contributed by atoms with van der Waals surface area (Å²) in [6, 6.07) is 11.4. The van der Waals surface area contributed by atoms with Crippen LogP contribution in [0.25, 0.3) is 11.0 Å². The van der Waals surface area contributed by atoms with Gasteiger partial charge in [-0.15, -0.1) is 0 Å². The molecule has 0 aliphatic rings. The van der Waals surface area contributed by atoms with Crippen molar-refractivity contribution in [1.82, 2.24) is 15.3 Å². The molecule has 0 unspecified atom stereocenters. The van der Waals surface area contributed by atoms with Crippen molar-refractivity contribution in [3.63, 3.8) is 0 Å². The topological polar surface area (TPSA) is 67.0 Å². The molecule has 0 saturated carbocycles. The third kappa shape index (κ3) is 6.16. The fraction of sp³-hybridized carbons (Fsp3) is 0.261. The van der Waals surface area contributed by atoms with Gasteiger partial charge in [-0.3, -0.25) is 4.79 Å². The van der Waals surface area contributed by atoms with Crippen LogP contribution in [0.2, 0.25) is 0 Å². The van der Waals surface area contributed by atoms with Crippen molar-refractivity contribution in [2.75, 3.05) is 13.7 Å². The van der Waals surface area contributed by atoms with E-state index in [0.717, 1.165) is 52.9 Å². The van der Waals surface area contributed by atoms with E-state index in [2.05, 4.69) is 27.1 Å². The van der Waals surface area contributed by atoms with Crippen LogP contribution in [-0.2, 0) is 11.2 Å². The largest absolute Gasteiger partial charge is 0.497 e. The Morgan fingerprint density at radius 1 is 1.28 bits per heavy atom. The van der Waals surface area contributed by atoms with Gasteiger partial charge in [0.05, 0.1) is 7.11 Å². The summed E-state index contributed by atoms with van der Waals surface area (Å²) in [6.07, 6.45) is 7.08. The van der Waals surface area contributed by atoms with Gasteiger partial charge in [-0.2, -0.15) is 0 Å². The van der Waals surface area contributed by atoms with Gasteiger partial charge in [0.2, 0.25) is 0 Å². The van der Waals surface area contributed by atoms with E-state index >= 15 is 0 Å². The molecule has 2 aromatic heterocycles. The Balaban J connectivity index is 1.37. The van der Waals surface area contributed by atoms with Gasteiger partial charge in [0.1, 0.15) is 11.4 Å². The molecule has 148 valence electrons. The number of methoxy groups -OCH3 is 1. The smallest absolute Gasteiger partial charge is 0.296 e. The van der Waals surface area contributed by atoms with E-state index in [9.17, 15) is 4.79 Å². The van der Waals surface area contributed by atoms with E-state index < -0.39 is 0 Å². The van der Waals surface area contributed by atoms with Crippen molar-refractivity contribution in [2.24, 2.45) is 0 Å². The van der Waals surface area contributed by atoms with E-state index in [4.69, 9.17) is 17.0 Å². The lowest BCUT2D eigenvalue weighted by atomic mass is 10.0. The summed E-state index contributed by atoms with van der Waals surface area (Å²) in [4.78, 5) is 20.3. The number of rotatable bonds is 8. The van der Waals surface area contributed by atoms with Crippen LogP contribution in [0.5, 0.6) is 5.75 Å². The quantitative estimate of drug-likeness (QED) is 0.340. The molecule has 0 fully saturated rings. The van der Waals surface area contributed by atoms with Crippen LogP contribution < -0.4 is 10.1 Å². The molecular weight excluding hydrogens is 382 g/mol. The van der Waals surface area contributed by atoms with Gasteiger partial charge in [0, 0.05) is 35.8 Å². The van der Waals surface area contributed by atoms with Gasteiger partial charge in [0.25, 0.3) is 5.91 Å². The number of ether oxygens (including phenoxy) is 1. The Labute approximate surface area is 175 Å². The highest BCUT2D eigenvalue weighted by atomic mass is 32.1. The average Bonchev–Trinajstić information content (AvgIpc) is 3.23. The van der Waals surface area contributed by atoms with E-state index in [1.165, 1.54) is 5.56 Å². The Morgan fingerprint density at radius 2 is 2.17 bits per heavy atom. The van der Waals surface area contributed by atoms with Gasteiger partial charge in [0.15, 0.2) is 0 Å². The number of nitrogens with one attached hydrogen (secondary N) is 2. The molecule has 0 bridgehead atoms. The summed E-state index contributed by atoms with van der Waals surface area (Å²) in [5.74, 6) is 5.88. The zero-order chi connectivity index (χ0) is 20.5. The third-order valence-corrected chi connectivity index (χ3v) is 4.94. The summed E-state index contributed by atoms with van der Waals surface area (Å²) >= 11 is 5.50. The number of amides is 1. The summed E-state index contributed by atoms with van der Waals surface area (Å²) < 4.78 is 5.14. The highest BCUT2D eigenvalue weighted by Gasteiger charge is 2.05. The lowest BCUT2D eigenvalue weighted by Crippen LogP contribution is -2.23. The number of carbonyl (C=O) groups excluding carboxylic acids is 1. The van der Waals surface area contributed by atoms with E-state index in [-0.39, 0.29) is 5.91 Å². The second-order valence-electron chi connectivity index (χ2n) is 6.59. The number of hydrogen-bond donors (Lipinski definition) is 2. The molecule has 0 saturated heterocycles. The normalized spacial score (nSPS) is 10.2. The standard InChI is InChI=1S/C23H23N3O2S/c1-28-19-5-2-4-17(16-19)7-10-22(27)24-13-3-6-20(29)9-8-18-11-14-25-23-21(18)12-15-26-23/h2,4-5,11-12,14-16H,3,6,8-9,13H2,1H3,(H,24,27)(H,25,26). The molecule has 1 amide bonds. The van der Waals surface area contributed by atoms with E-state index in [0.29, 0.717) is 6.54 Å². The number of thiocarbonyl (C=S) groups is 1. The second-order valence-corrected chi connectivity index (χ2v) is 7.17. The number of nitrogens with zero attached hydrogens (tertiary/aromatic N) is 1. The predicted molar refractivity (Wildman–Crippen MR) is 119 cm³/mol. The van der Waals surface area contributed by atoms with E-state index in [1.807, 2.05) is 42.7 Å². The minimum atomic E-state index is -0.287. The lowest BCUT2D eigenvalue weighted by Gasteiger charge is -2.06. The number of pyridine rings is 1. The van der Waals surface area contributed by atoms with Gasteiger partial charge in [-0.25, -0.2) is 4.98 Å². The predicted octanol–water partition coefficient (Wildman–Crippen LogP) is 3.82. The maximum absolute atomic E-state index is 11.9. The molecule has 0 aliphatic carbocycles. The number of hydrogen-bond acceptors (Lipinski definition) is 4. The summed E-state index contributed by atoms with van der Waals surface area (Å²) in [6.45, 7) is 0.559. The van der Waals surface area contributed by atoms with E-state index in [1.54, 1.807) is 13.2 Å². The van der Waals surface area contributed by atoms with Crippen LogP contribution in [0, 0.1) is 11.8 Å². The number of fused-ring (bicyclic) bond motifs is 1. The minimum Gasteiger partial charge on any atom is -0.497 e. The fourth-order valence-electron chi connectivity index (χ4n) is 3.00. The van der Waals surface area contributed by atoms with Crippen molar-refractivity contribution in [1.29, 1.82) is 0 Å². The zero-order valence-electron chi connectivity index (χ0n) is 16.3. The molecule has 2 N–H and O–H groups in total. The summed E-state index contributed by atoms with van der Waals surface area (Å²) in [7, 11) is 1.60. The molecule has 0 aliphatic heterocycles.